The van der Waals surface area contributed by atoms with E-state index in [9.17, 15) is 4.79 Å². The number of hydrogen-bond donors (Lipinski definition) is 1. The van der Waals surface area contributed by atoms with Crippen molar-refractivity contribution in [3.63, 3.8) is 0 Å². The third-order valence-corrected chi connectivity index (χ3v) is 2.68. The van der Waals surface area contributed by atoms with Crippen molar-refractivity contribution in [2.75, 3.05) is 6.61 Å². The maximum absolute atomic E-state index is 11.7. The van der Waals surface area contributed by atoms with E-state index in [0.717, 1.165) is 36.9 Å². The molecule has 1 heterocycles. The summed E-state index contributed by atoms with van der Waals surface area (Å²) in [6.45, 7) is 2.97. The van der Waals surface area contributed by atoms with Crippen LogP contribution < -0.4 is 5.56 Å². The number of aromatic amines is 1. The molecule has 82 valence electrons. The van der Waals surface area contributed by atoms with Crippen LogP contribution in [0.4, 0.5) is 0 Å². The van der Waals surface area contributed by atoms with Crippen molar-refractivity contribution in [3.8, 4) is 0 Å². The molecule has 0 aromatic carbocycles. The van der Waals surface area contributed by atoms with Crippen LogP contribution in [0.25, 0.3) is 0 Å². The van der Waals surface area contributed by atoms with Crippen molar-refractivity contribution in [2.24, 2.45) is 0 Å². The first-order chi connectivity index (χ1) is 7.31. The van der Waals surface area contributed by atoms with Crippen LogP contribution in [0.1, 0.15) is 36.8 Å². The molecule has 0 saturated carbocycles. The fourth-order valence-corrected chi connectivity index (χ4v) is 1.92. The fraction of sp³-hybridized carbons (Fsp3) is 0.636. The van der Waals surface area contributed by atoms with Crippen LogP contribution in [0.2, 0.25) is 0 Å². The predicted molar refractivity (Wildman–Crippen MR) is 56.8 cm³/mol. The first-order valence-corrected chi connectivity index (χ1v) is 5.50. The zero-order chi connectivity index (χ0) is 10.7. The molecule has 0 unspecified atom stereocenters. The second-order valence-corrected chi connectivity index (χ2v) is 3.78. The normalized spacial score (nSPS) is 15.0. The smallest absolute Gasteiger partial charge is 0.254 e. The third kappa shape index (κ3) is 2.26. The highest BCUT2D eigenvalue weighted by Gasteiger charge is 2.15. The standard InChI is InChI=1S/C11H16N2O2/c1-2-15-7-10-12-9-6-4-3-5-8(9)11(14)13-10/h2-7H2,1H3,(H,12,13,14). The SMILES string of the molecule is CCOCc1nc2c(c(=O)[nH]1)CCCC2. The van der Waals surface area contributed by atoms with Crippen LogP contribution in [-0.4, -0.2) is 16.6 Å². The van der Waals surface area contributed by atoms with Crippen molar-refractivity contribution in [2.45, 2.75) is 39.2 Å². The van der Waals surface area contributed by atoms with E-state index in [1.54, 1.807) is 0 Å². The molecule has 4 heteroatoms. The Morgan fingerprint density at radius 2 is 2.20 bits per heavy atom. The Bertz CT molecular complexity index is 398. The Hall–Kier alpha value is -1.16. The van der Waals surface area contributed by atoms with Crippen molar-refractivity contribution >= 4 is 0 Å². The molecule has 0 radical (unpaired) electrons. The minimum atomic E-state index is 0.0226. The van der Waals surface area contributed by atoms with Crippen LogP contribution in [0.15, 0.2) is 4.79 Å². The number of H-pyrrole nitrogens is 1. The number of aryl methyl sites for hydroxylation is 1. The van der Waals surface area contributed by atoms with Crippen molar-refractivity contribution in [1.29, 1.82) is 0 Å². The van der Waals surface area contributed by atoms with Gasteiger partial charge in [-0.25, -0.2) is 4.98 Å². The van der Waals surface area contributed by atoms with Gasteiger partial charge in [0.05, 0.1) is 5.69 Å². The van der Waals surface area contributed by atoms with Crippen LogP contribution in [0.5, 0.6) is 0 Å². The molecule has 0 bridgehead atoms. The predicted octanol–water partition coefficient (Wildman–Crippen LogP) is 1.19. The van der Waals surface area contributed by atoms with Crippen molar-refractivity contribution in [3.05, 3.63) is 27.4 Å². The number of nitrogens with one attached hydrogen (secondary N) is 1. The second-order valence-electron chi connectivity index (χ2n) is 3.78. The fourth-order valence-electron chi connectivity index (χ4n) is 1.92. The maximum Gasteiger partial charge on any atom is 0.254 e. The molecule has 0 atom stereocenters. The highest BCUT2D eigenvalue weighted by Crippen LogP contribution is 2.15. The highest BCUT2D eigenvalue weighted by atomic mass is 16.5. The summed E-state index contributed by atoms with van der Waals surface area (Å²) in [5.41, 5.74) is 1.87. The number of hydrogen-bond acceptors (Lipinski definition) is 3. The van der Waals surface area contributed by atoms with E-state index in [2.05, 4.69) is 9.97 Å². The molecule has 4 nitrogen and oxygen atoms in total. The molecule has 15 heavy (non-hydrogen) atoms. The number of ether oxygens (including phenoxy) is 1. The lowest BCUT2D eigenvalue weighted by Gasteiger charge is -2.14. The minimum Gasteiger partial charge on any atom is -0.374 e. The number of aromatic nitrogens is 2. The molecule has 0 amide bonds. The van der Waals surface area contributed by atoms with Gasteiger partial charge in [-0.05, 0) is 32.6 Å². The van der Waals surface area contributed by atoms with Gasteiger partial charge in [-0.2, -0.15) is 0 Å². The maximum atomic E-state index is 11.7. The summed E-state index contributed by atoms with van der Waals surface area (Å²) < 4.78 is 5.23. The number of nitrogens with zero attached hydrogens (tertiary/aromatic N) is 1. The average molecular weight is 208 g/mol. The summed E-state index contributed by atoms with van der Waals surface area (Å²) in [5, 5.41) is 0. The summed E-state index contributed by atoms with van der Waals surface area (Å²) in [7, 11) is 0. The first-order valence-electron chi connectivity index (χ1n) is 5.50. The molecule has 0 spiro atoms. The van der Waals surface area contributed by atoms with Gasteiger partial charge >= 0.3 is 0 Å². The molecule has 0 aliphatic heterocycles. The lowest BCUT2D eigenvalue weighted by atomic mass is 9.97. The minimum absolute atomic E-state index is 0.0226. The largest absolute Gasteiger partial charge is 0.374 e. The van der Waals surface area contributed by atoms with Crippen LogP contribution >= 0.6 is 0 Å². The average Bonchev–Trinajstić information content (AvgIpc) is 2.26. The zero-order valence-electron chi connectivity index (χ0n) is 9.01. The van der Waals surface area contributed by atoms with Gasteiger partial charge in [0.1, 0.15) is 12.4 Å². The summed E-state index contributed by atoms with van der Waals surface area (Å²) in [5.74, 6) is 0.655. The molecule has 0 fully saturated rings. The van der Waals surface area contributed by atoms with Crippen LogP contribution in [-0.2, 0) is 24.2 Å². The topological polar surface area (TPSA) is 55.0 Å². The van der Waals surface area contributed by atoms with E-state index >= 15 is 0 Å². The van der Waals surface area contributed by atoms with Crippen molar-refractivity contribution < 1.29 is 4.74 Å². The Morgan fingerprint density at radius 3 is 3.00 bits per heavy atom. The Morgan fingerprint density at radius 1 is 1.40 bits per heavy atom. The van der Waals surface area contributed by atoms with E-state index in [4.69, 9.17) is 4.74 Å². The van der Waals surface area contributed by atoms with Gasteiger partial charge in [0.2, 0.25) is 0 Å². The quantitative estimate of drug-likeness (QED) is 0.811. The third-order valence-electron chi connectivity index (χ3n) is 2.68. The van der Waals surface area contributed by atoms with E-state index in [0.29, 0.717) is 19.0 Å². The molecular formula is C11H16N2O2. The molecule has 1 aliphatic rings. The van der Waals surface area contributed by atoms with E-state index in [1.807, 2.05) is 6.92 Å². The summed E-state index contributed by atoms with van der Waals surface area (Å²) in [6, 6.07) is 0. The Labute approximate surface area is 88.7 Å². The van der Waals surface area contributed by atoms with Gasteiger partial charge in [-0.3, -0.25) is 4.79 Å². The molecule has 1 aliphatic carbocycles. The molecular weight excluding hydrogens is 192 g/mol. The summed E-state index contributed by atoms with van der Waals surface area (Å²) in [4.78, 5) is 18.9. The number of fused-ring (bicyclic) bond motifs is 1. The van der Waals surface area contributed by atoms with Crippen LogP contribution in [0.3, 0.4) is 0 Å². The van der Waals surface area contributed by atoms with Crippen molar-refractivity contribution in [1.82, 2.24) is 9.97 Å². The monoisotopic (exact) mass is 208 g/mol. The zero-order valence-corrected chi connectivity index (χ0v) is 9.01. The van der Waals surface area contributed by atoms with E-state index in [1.165, 1.54) is 0 Å². The second kappa shape index (κ2) is 4.57. The lowest BCUT2D eigenvalue weighted by Crippen LogP contribution is -2.23. The van der Waals surface area contributed by atoms with E-state index < -0.39 is 0 Å². The summed E-state index contributed by atoms with van der Waals surface area (Å²) in [6.07, 6.45) is 4.03. The molecule has 1 aromatic rings. The van der Waals surface area contributed by atoms with Gasteiger partial charge in [0.15, 0.2) is 0 Å². The Kier molecular flexibility index (Phi) is 3.16. The Balaban J connectivity index is 2.28. The molecule has 2 rings (SSSR count). The lowest BCUT2D eigenvalue weighted by molar-refractivity contribution is 0.128. The van der Waals surface area contributed by atoms with Gasteiger partial charge < -0.3 is 9.72 Å². The van der Waals surface area contributed by atoms with Crippen LogP contribution in [0, 0.1) is 0 Å². The highest BCUT2D eigenvalue weighted by molar-refractivity contribution is 5.20. The summed E-state index contributed by atoms with van der Waals surface area (Å²) >= 11 is 0. The molecule has 0 saturated heterocycles. The van der Waals surface area contributed by atoms with Gasteiger partial charge in [0.25, 0.3) is 5.56 Å². The first kappa shape index (κ1) is 10.4. The van der Waals surface area contributed by atoms with E-state index in [-0.39, 0.29) is 5.56 Å². The molecule has 1 N–H and O–H groups in total. The van der Waals surface area contributed by atoms with Gasteiger partial charge in [-0.1, -0.05) is 0 Å². The number of rotatable bonds is 3. The van der Waals surface area contributed by atoms with Gasteiger partial charge in [0, 0.05) is 12.2 Å². The molecule has 1 aromatic heterocycles. The van der Waals surface area contributed by atoms with Gasteiger partial charge in [-0.15, -0.1) is 0 Å².